The van der Waals surface area contributed by atoms with E-state index in [1.807, 2.05) is 0 Å². The number of furan rings is 1. The first-order valence-electron chi connectivity index (χ1n) is 6.38. The number of carbonyl (C=O) groups excluding carboxylic acids is 1. The fraction of sp³-hybridized carbons (Fsp3) is 0.583. The Hall–Kier alpha value is -1.03. The number of amides is 1. The Labute approximate surface area is 128 Å². The van der Waals surface area contributed by atoms with Crippen LogP contribution in [0, 0.1) is 0 Å². The molecule has 0 unspecified atom stereocenters. The summed E-state index contributed by atoms with van der Waals surface area (Å²) in [6, 6.07) is 2.60. The first kappa shape index (κ1) is 18.0. The van der Waals surface area contributed by atoms with Gasteiger partial charge in [-0.25, -0.2) is 12.7 Å². The molecule has 1 aromatic heterocycles. The molecule has 0 aromatic carbocycles. The van der Waals surface area contributed by atoms with Crippen molar-refractivity contribution < 1.29 is 22.7 Å². The maximum atomic E-state index is 11.8. The highest BCUT2D eigenvalue weighted by molar-refractivity contribution is 7.99. The molecule has 0 saturated carbocycles. The van der Waals surface area contributed by atoms with Gasteiger partial charge in [0.25, 0.3) is 15.9 Å². The molecular formula is C12H20N2O5S2. The second-order valence-electron chi connectivity index (χ2n) is 4.35. The number of nitrogens with one attached hydrogen (secondary N) is 1. The first-order valence-corrected chi connectivity index (χ1v) is 8.98. The molecule has 1 heterocycles. The summed E-state index contributed by atoms with van der Waals surface area (Å²) < 4.78 is 29.7. The number of thioether (sulfide) groups is 1. The predicted octanol–water partition coefficient (Wildman–Crippen LogP) is 0.375. The molecule has 0 atom stereocenters. The van der Waals surface area contributed by atoms with Crippen molar-refractivity contribution in [2.45, 2.75) is 11.5 Å². The van der Waals surface area contributed by atoms with Crippen molar-refractivity contribution >= 4 is 27.7 Å². The highest BCUT2D eigenvalue weighted by atomic mass is 32.2. The fourth-order valence-electron chi connectivity index (χ4n) is 1.35. The van der Waals surface area contributed by atoms with Gasteiger partial charge >= 0.3 is 0 Å². The normalized spacial score (nSPS) is 11.8. The summed E-state index contributed by atoms with van der Waals surface area (Å²) in [5.41, 5.74) is 0. The number of hydrogen-bond donors (Lipinski definition) is 2. The van der Waals surface area contributed by atoms with Crippen molar-refractivity contribution in [2.24, 2.45) is 0 Å². The van der Waals surface area contributed by atoms with Gasteiger partial charge in [0.15, 0.2) is 5.76 Å². The van der Waals surface area contributed by atoms with Crippen molar-refractivity contribution in [3.05, 3.63) is 17.9 Å². The van der Waals surface area contributed by atoms with E-state index in [0.717, 1.165) is 22.2 Å². The number of sulfonamides is 1. The van der Waals surface area contributed by atoms with Crippen LogP contribution >= 0.6 is 11.8 Å². The molecule has 1 aromatic rings. The van der Waals surface area contributed by atoms with Crippen LogP contribution in [0.25, 0.3) is 0 Å². The number of aliphatic hydroxyl groups is 1. The summed E-state index contributed by atoms with van der Waals surface area (Å²) in [5, 5.41) is 11.0. The Kier molecular flexibility index (Phi) is 7.23. The monoisotopic (exact) mass is 336 g/mol. The minimum Gasteiger partial charge on any atom is -0.438 e. The van der Waals surface area contributed by atoms with E-state index in [0.29, 0.717) is 6.54 Å². The Balaban J connectivity index is 2.48. The Bertz CT molecular complexity index is 554. The fourth-order valence-corrected chi connectivity index (χ4v) is 2.93. The number of carbonyl (C=O) groups is 1. The molecule has 1 rings (SSSR count). The summed E-state index contributed by atoms with van der Waals surface area (Å²) in [4.78, 5) is 11.8. The molecule has 0 aliphatic rings. The van der Waals surface area contributed by atoms with E-state index in [2.05, 4.69) is 5.32 Å². The van der Waals surface area contributed by atoms with E-state index in [9.17, 15) is 13.2 Å². The zero-order valence-corrected chi connectivity index (χ0v) is 13.7. The van der Waals surface area contributed by atoms with Crippen LogP contribution in [0.15, 0.2) is 21.6 Å². The summed E-state index contributed by atoms with van der Waals surface area (Å²) in [7, 11) is -0.886. The molecule has 120 valence electrons. The molecule has 21 heavy (non-hydrogen) atoms. The molecule has 0 aliphatic heterocycles. The van der Waals surface area contributed by atoms with Crippen LogP contribution in [0.3, 0.4) is 0 Å². The lowest BCUT2D eigenvalue weighted by molar-refractivity contribution is 0.0923. The van der Waals surface area contributed by atoms with Gasteiger partial charge in [-0.15, -0.1) is 0 Å². The van der Waals surface area contributed by atoms with Gasteiger partial charge in [0.1, 0.15) is 0 Å². The van der Waals surface area contributed by atoms with E-state index in [1.54, 1.807) is 11.8 Å². The molecule has 0 radical (unpaired) electrons. The van der Waals surface area contributed by atoms with E-state index in [1.165, 1.54) is 26.2 Å². The van der Waals surface area contributed by atoms with Gasteiger partial charge in [-0.3, -0.25) is 4.79 Å². The van der Waals surface area contributed by atoms with Gasteiger partial charge in [0, 0.05) is 33.0 Å². The Morgan fingerprint density at radius 1 is 1.38 bits per heavy atom. The topological polar surface area (TPSA) is 99.9 Å². The lowest BCUT2D eigenvalue weighted by Gasteiger charge is -2.07. The SMILES string of the molecule is CN(C)S(=O)(=O)c1ccc(C(=O)NCCSCCCO)o1. The molecule has 0 saturated heterocycles. The van der Waals surface area contributed by atoms with Gasteiger partial charge in [-0.05, 0) is 24.3 Å². The first-order chi connectivity index (χ1) is 9.89. The molecule has 0 spiro atoms. The van der Waals surface area contributed by atoms with E-state index < -0.39 is 15.9 Å². The predicted molar refractivity (Wildman–Crippen MR) is 80.9 cm³/mol. The van der Waals surface area contributed by atoms with Crippen LogP contribution in [0.2, 0.25) is 0 Å². The molecule has 9 heteroatoms. The van der Waals surface area contributed by atoms with Gasteiger partial charge in [0.05, 0.1) is 0 Å². The van der Waals surface area contributed by atoms with Crippen LogP contribution in [0.5, 0.6) is 0 Å². The molecule has 1 amide bonds. The highest BCUT2D eigenvalue weighted by Gasteiger charge is 2.23. The zero-order chi connectivity index (χ0) is 15.9. The van der Waals surface area contributed by atoms with Crippen LogP contribution < -0.4 is 5.32 Å². The lowest BCUT2D eigenvalue weighted by atomic mass is 10.4. The van der Waals surface area contributed by atoms with Gasteiger partial charge in [-0.2, -0.15) is 11.8 Å². The van der Waals surface area contributed by atoms with Gasteiger partial charge in [0.2, 0.25) is 5.09 Å². The highest BCUT2D eigenvalue weighted by Crippen LogP contribution is 2.16. The molecule has 0 fully saturated rings. The molecule has 2 N–H and O–H groups in total. The summed E-state index contributed by atoms with van der Waals surface area (Å²) in [6.07, 6.45) is 0.725. The standard InChI is InChI=1S/C12H20N2O5S2/c1-14(2)21(17,18)11-5-4-10(19-11)12(16)13-6-9-20-8-3-7-15/h4-5,15H,3,6-9H2,1-2H3,(H,13,16). The van der Waals surface area contributed by atoms with E-state index >= 15 is 0 Å². The molecule has 0 bridgehead atoms. The van der Waals surface area contributed by atoms with Crippen molar-refractivity contribution in [1.29, 1.82) is 0 Å². The molecule has 0 aliphatic carbocycles. The number of rotatable bonds is 9. The van der Waals surface area contributed by atoms with Crippen LogP contribution in [0.4, 0.5) is 0 Å². The smallest absolute Gasteiger partial charge is 0.287 e. The largest absolute Gasteiger partial charge is 0.438 e. The van der Waals surface area contributed by atoms with Gasteiger partial charge in [-0.1, -0.05) is 0 Å². The summed E-state index contributed by atoms with van der Waals surface area (Å²) >= 11 is 1.62. The number of hydrogen-bond acceptors (Lipinski definition) is 6. The Morgan fingerprint density at radius 2 is 2.10 bits per heavy atom. The third-order valence-corrected chi connectivity index (χ3v) is 5.28. The molecule has 7 nitrogen and oxygen atoms in total. The quantitative estimate of drug-likeness (QED) is 0.632. The third kappa shape index (κ3) is 5.34. The average Bonchev–Trinajstić information content (AvgIpc) is 2.92. The second-order valence-corrected chi connectivity index (χ2v) is 7.66. The number of aliphatic hydroxyl groups excluding tert-OH is 1. The van der Waals surface area contributed by atoms with Crippen molar-refractivity contribution in [3.8, 4) is 0 Å². The number of nitrogens with zero attached hydrogens (tertiary/aromatic N) is 1. The van der Waals surface area contributed by atoms with Crippen molar-refractivity contribution in [1.82, 2.24) is 9.62 Å². The van der Waals surface area contributed by atoms with Gasteiger partial charge < -0.3 is 14.8 Å². The second kappa shape index (κ2) is 8.42. The van der Waals surface area contributed by atoms with Crippen molar-refractivity contribution in [2.75, 3.05) is 38.8 Å². The van der Waals surface area contributed by atoms with Crippen LogP contribution in [-0.2, 0) is 10.0 Å². The van der Waals surface area contributed by atoms with Crippen molar-refractivity contribution in [3.63, 3.8) is 0 Å². The zero-order valence-electron chi connectivity index (χ0n) is 12.0. The average molecular weight is 336 g/mol. The minimum atomic E-state index is -3.67. The summed E-state index contributed by atoms with van der Waals surface area (Å²) in [5.74, 6) is 1.07. The maximum Gasteiger partial charge on any atom is 0.287 e. The molecular weight excluding hydrogens is 316 g/mol. The van der Waals surface area contributed by atoms with Crippen LogP contribution in [-0.4, -0.2) is 62.5 Å². The maximum absolute atomic E-state index is 11.8. The van der Waals surface area contributed by atoms with E-state index in [4.69, 9.17) is 9.52 Å². The minimum absolute atomic E-state index is 0.0317. The summed E-state index contributed by atoms with van der Waals surface area (Å²) in [6.45, 7) is 0.611. The Morgan fingerprint density at radius 3 is 2.71 bits per heavy atom. The van der Waals surface area contributed by atoms with E-state index in [-0.39, 0.29) is 17.5 Å². The lowest BCUT2D eigenvalue weighted by Crippen LogP contribution is -2.25. The van der Waals surface area contributed by atoms with Crippen LogP contribution in [0.1, 0.15) is 17.0 Å². The third-order valence-electron chi connectivity index (χ3n) is 2.52.